The number of nitrogens with zero attached hydrogens (tertiary/aromatic N) is 3. The Bertz CT molecular complexity index is 1080. The molecule has 0 fully saturated rings. The number of H-pyrrole nitrogens is 1. The maximum Gasteiger partial charge on any atom is 0.217 e. The quantitative estimate of drug-likeness (QED) is 0.551. The monoisotopic (exact) mass is 387 g/mol. The Morgan fingerprint density at radius 1 is 1.38 bits per heavy atom. The molecule has 0 atom stereocenters. The van der Waals surface area contributed by atoms with E-state index in [1.165, 1.54) is 24.5 Å². The van der Waals surface area contributed by atoms with Gasteiger partial charge in [-0.15, -0.1) is 11.3 Å². The Morgan fingerprint density at radius 3 is 3.12 bits per heavy atom. The van der Waals surface area contributed by atoms with Crippen LogP contribution in [-0.4, -0.2) is 27.0 Å². The predicted octanol–water partition coefficient (Wildman–Crippen LogP) is 4.41. The normalized spacial score (nSPS) is 11.2. The van der Waals surface area contributed by atoms with Crippen LogP contribution in [0.5, 0.6) is 5.88 Å². The molecule has 5 nitrogen and oxygen atoms in total. The summed E-state index contributed by atoms with van der Waals surface area (Å²) in [7, 11) is 1.49. The number of hydrogen-bond donors (Lipinski definition) is 1. The first-order valence-corrected chi connectivity index (χ1v) is 8.94. The summed E-state index contributed by atoms with van der Waals surface area (Å²) in [4.78, 5) is 16.7. The third-order valence-electron chi connectivity index (χ3n) is 3.87. The number of halogens is 2. The Morgan fingerprint density at radius 2 is 2.27 bits per heavy atom. The standard InChI is InChI=1S/C18H13ClFN4OS/c1-25-18-10(5-12(20)9-23-18)7-15-24-16(19)14(26-15)6-11-8-22-17-13(11)3-2-4-21-17/h2-5,7-9H,6H2,1H3,(H,21,22). The van der Waals surface area contributed by atoms with Gasteiger partial charge in [0.15, 0.2) is 0 Å². The van der Waals surface area contributed by atoms with E-state index in [9.17, 15) is 4.39 Å². The largest absolute Gasteiger partial charge is 0.481 e. The minimum absolute atomic E-state index is 0.335. The second-order valence-corrected chi connectivity index (χ2v) is 7.03. The molecule has 4 heterocycles. The number of fused-ring (bicyclic) bond motifs is 1. The SMILES string of the molecule is COc1ncc(F)cc1[CH]c1nc(Cl)c(Cc2c[nH]c3ncccc23)s1. The lowest BCUT2D eigenvalue weighted by Gasteiger charge is -2.04. The average Bonchev–Trinajstić information content (AvgIpc) is 3.19. The van der Waals surface area contributed by atoms with Crippen LogP contribution >= 0.6 is 22.9 Å². The lowest BCUT2D eigenvalue weighted by molar-refractivity contribution is 0.393. The zero-order valence-corrected chi connectivity index (χ0v) is 15.2. The zero-order valence-electron chi connectivity index (χ0n) is 13.7. The van der Waals surface area contributed by atoms with Gasteiger partial charge in [0, 0.05) is 34.6 Å². The zero-order chi connectivity index (χ0) is 18.1. The van der Waals surface area contributed by atoms with Crippen molar-refractivity contribution in [2.75, 3.05) is 7.11 Å². The molecular formula is C18H13ClFN4OS. The lowest BCUT2D eigenvalue weighted by Crippen LogP contribution is -1.95. The molecule has 131 valence electrons. The summed E-state index contributed by atoms with van der Waals surface area (Å²) >= 11 is 7.76. The van der Waals surface area contributed by atoms with E-state index in [2.05, 4.69) is 19.9 Å². The molecule has 26 heavy (non-hydrogen) atoms. The van der Waals surface area contributed by atoms with Crippen LogP contribution in [0.15, 0.2) is 36.8 Å². The number of thiazole rings is 1. The second-order valence-electron chi connectivity index (χ2n) is 5.55. The van der Waals surface area contributed by atoms with Crippen molar-refractivity contribution in [3.8, 4) is 5.88 Å². The van der Waals surface area contributed by atoms with Crippen LogP contribution in [0, 0.1) is 12.2 Å². The van der Waals surface area contributed by atoms with Crippen LogP contribution in [0.1, 0.15) is 21.0 Å². The average molecular weight is 388 g/mol. The van der Waals surface area contributed by atoms with Crippen molar-refractivity contribution < 1.29 is 9.13 Å². The van der Waals surface area contributed by atoms with Gasteiger partial charge in [-0.3, -0.25) is 0 Å². The van der Waals surface area contributed by atoms with Gasteiger partial charge in [-0.05, 0) is 23.8 Å². The highest BCUT2D eigenvalue weighted by atomic mass is 35.5. The molecular weight excluding hydrogens is 375 g/mol. The fourth-order valence-corrected chi connectivity index (χ4v) is 3.96. The van der Waals surface area contributed by atoms with Gasteiger partial charge in [0.25, 0.3) is 0 Å². The Hall–Kier alpha value is -2.51. The fraction of sp³-hybridized carbons (Fsp3) is 0.111. The molecule has 0 aliphatic carbocycles. The van der Waals surface area contributed by atoms with Crippen LogP contribution in [-0.2, 0) is 6.42 Å². The van der Waals surface area contributed by atoms with Gasteiger partial charge in [-0.2, -0.15) is 0 Å². The predicted molar refractivity (Wildman–Crippen MR) is 99.3 cm³/mol. The molecule has 4 rings (SSSR count). The van der Waals surface area contributed by atoms with Crippen LogP contribution in [0.25, 0.3) is 11.0 Å². The fourth-order valence-electron chi connectivity index (χ4n) is 2.70. The minimum atomic E-state index is -0.439. The number of pyridine rings is 2. The molecule has 4 aromatic rings. The molecule has 1 radical (unpaired) electrons. The summed E-state index contributed by atoms with van der Waals surface area (Å²) in [5, 5.41) is 2.15. The molecule has 0 saturated heterocycles. The molecule has 1 N–H and O–H groups in total. The summed E-state index contributed by atoms with van der Waals surface area (Å²) in [6, 6.07) is 5.27. The Labute approximate surface area is 157 Å². The van der Waals surface area contributed by atoms with E-state index in [-0.39, 0.29) is 0 Å². The van der Waals surface area contributed by atoms with E-state index in [0.29, 0.717) is 28.0 Å². The van der Waals surface area contributed by atoms with E-state index in [1.54, 1.807) is 12.6 Å². The third kappa shape index (κ3) is 3.27. The van der Waals surface area contributed by atoms with Gasteiger partial charge >= 0.3 is 0 Å². The number of aromatic nitrogens is 4. The van der Waals surface area contributed by atoms with Crippen LogP contribution in [0.4, 0.5) is 4.39 Å². The Kier molecular flexibility index (Phi) is 4.57. The summed E-state index contributed by atoms with van der Waals surface area (Å²) in [6.45, 7) is 0. The highest BCUT2D eigenvalue weighted by Crippen LogP contribution is 2.31. The minimum Gasteiger partial charge on any atom is -0.481 e. The first-order valence-electron chi connectivity index (χ1n) is 7.74. The second kappa shape index (κ2) is 7.01. The number of rotatable bonds is 5. The van der Waals surface area contributed by atoms with E-state index in [1.807, 2.05) is 18.3 Å². The van der Waals surface area contributed by atoms with E-state index in [4.69, 9.17) is 16.3 Å². The molecule has 4 aromatic heterocycles. The van der Waals surface area contributed by atoms with Crippen molar-refractivity contribution in [3.05, 3.63) is 75.2 Å². The first-order chi connectivity index (χ1) is 12.6. The molecule has 0 aliphatic rings. The lowest BCUT2D eigenvalue weighted by atomic mass is 10.1. The molecule has 0 bridgehead atoms. The molecule has 0 amide bonds. The van der Waals surface area contributed by atoms with E-state index >= 15 is 0 Å². The number of hydrogen-bond acceptors (Lipinski definition) is 5. The third-order valence-corrected chi connectivity index (χ3v) is 5.30. The maximum atomic E-state index is 13.5. The van der Waals surface area contributed by atoms with Gasteiger partial charge in [-0.1, -0.05) is 11.6 Å². The molecule has 0 saturated carbocycles. The topological polar surface area (TPSA) is 63.7 Å². The molecule has 8 heteroatoms. The molecule has 0 spiro atoms. The molecule has 0 aliphatic heterocycles. The smallest absolute Gasteiger partial charge is 0.217 e. The Balaban J connectivity index is 1.61. The number of aromatic amines is 1. The van der Waals surface area contributed by atoms with Crippen LogP contribution in [0.2, 0.25) is 5.15 Å². The van der Waals surface area contributed by atoms with Crippen LogP contribution < -0.4 is 4.74 Å². The van der Waals surface area contributed by atoms with Crippen molar-refractivity contribution in [2.45, 2.75) is 6.42 Å². The summed E-state index contributed by atoms with van der Waals surface area (Å²) < 4.78 is 18.6. The highest BCUT2D eigenvalue weighted by molar-refractivity contribution is 7.12. The van der Waals surface area contributed by atoms with Crippen molar-refractivity contribution in [1.29, 1.82) is 0 Å². The summed E-state index contributed by atoms with van der Waals surface area (Å²) in [6.07, 6.45) is 7.13. The highest BCUT2D eigenvalue weighted by Gasteiger charge is 2.15. The summed E-state index contributed by atoms with van der Waals surface area (Å²) in [5.74, 6) is -0.104. The van der Waals surface area contributed by atoms with Gasteiger partial charge in [0.1, 0.15) is 21.6 Å². The van der Waals surface area contributed by atoms with Gasteiger partial charge in [-0.25, -0.2) is 19.3 Å². The van der Waals surface area contributed by atoms with E-state index in [0.717, 1.165) is 27.7 Å². The van der Waals surface area contributed by atoms with Gasteiger partial charge in [0.2, 0.25) is 5.88 Å². The van der Waals surface area contributed by atoms with E-state index < -0.39 is 5.82 Å². The number of methoxy groups -OCH3 is 1. The van der Waals surface area contributed by atoms with Crippen LogP contribution in [0.3, 0.4) is 0 Å². The van der Waals surface area contributed by atoms with Gasteiger partial charge < -0.3 is 9.72 Å². The maximum absolute atomic E-state index is 13.5. The molecule has 0 aromatic carbocycles. The van der Waals surface area contributed by atoms with Crippen molar-refractivity contribution >= 4 is 34.0 Å². The van der Waals surface area contributed by atoms with Crippen molar-refractivity contribution in [1.82, 2.24) is 19.9 Å². The van der Waals surface area contributed by atoms with Crippen molar-refractivity contribution in [2.24, 2.45) is 0 Å². The number of nitrogens with one attached hydrogen (secondary N) is 1. The number of ether oxygens (including phenoxy) is 1. The first kappa shape index (κ1) is 16.9. The molecule has 0 unspecified atom stereocenters. The van der Waals surface area contributed by atoms with Gasteiger partial charge in [0.05, 0.1) is 19.7 Å². The van der Waals surface area contributed by atoms with Crippen molar-refractivity contribution in [3.63, 3.8) is 0 Å². The summed E-state index contributed by atoms with van der Waals surface area (Å²) in [5.41, 5.74) is 2.45.